The van der Waals surface area contributed by atoms with Crippen LogP contribution in [0.1, 0.15) is 50.5 Å². The average molecular weight is 725 g/mol. The predicted octanol–water partition coefficient (Wildman–Crippen LogP) is 4.59. The number of amidine groups is 2. The number of carbonyl (C=O) groups excluding carboxylic acids is 2. The number of aromatic nitrogens is 2. The molecule has 0 fully saturated rings. The van der Waals surface area contributed by atoms with E-state index in [1.54, 1.807) is 24.3 Å². The van der Waals surface area contributed by atoms with Crippen molar-refractivity contribution < 1.29 is 19.1 Å². The van der Waals surface area contributed by atoms with Crippen molar-refractivity contribution in [3.63, 3.8) is 0 Å². The quantitative estimate of drug-likeness (QED) is 0.169. The van der Waals surface area contributed by atoms with Crippen LogP contribution in [0.3, 0.4) is 0 Å². The van der Waals surface area contributed by atoms with Crippen LogP contribution in [0.5, 0.6) is 0 Å². The number of amides is 2. The Labute approximate surface area is 291 Å². The fraction of sp³-hybridized carbons (Fsp3) is 0.229. The molecule has 6 N–H and O–H groups in total. The van der Waals surface area contributed by atoms with Crippen LogP contribution < -0.4 is 22.1 Å². The molecule has 0 aliphatic carbocycles. The number of nitrogens with two attached hydrogens (primary N) is 2. The zero-order valence-electron chi connectivity index (χ0n) is 26.4. The minimum atomic E-state index is -0.266. The van der Waals surface area contributed by atoms with Gasteiger partial charge in [0.25, 0.3) is 23.9 Å². The summed E-state index contributed by atoms with van der Waals surface area (Å²) < 4.78 is 10.9. The van der Waals surface area contributed by atoms with Crippen molar-refractivity contribution in [2.75, 3.05) is 23.8 Å². The van der Waals surface area contributed by atoms with Crippen molar-refractivity contribution in [1.82, 2.24) is 9.97 Å². The molecule has 2 aliphatic rings. The number of carbonyl (C=O) groups is 2. The van der Waals surface area contributed by atoms with Gasteiger partial charge in [0, 0.05) is 17.6 Å². The second-order valence-corrected chi connectivity index (χ2v) is 11.9. The van der Waals surface area contributed by atoms with Crippen LogP contribution in [0.2, 0.25) is 0 Å². The Kier molecular flexibility index (Phi) is 11.9. The van der Waals surface area contributed by atoms with Crippen LogP contribution in [0.25, 0.3) is 0 Å². The van der Waals surface area contributed by atoms with E-state index in [1.165, 1.54) is 17.8 Å². The summed E-state index contributed by atoms with van der Waals surface area (Å²) in [7, 11) is 0. The first-order valence-electron chi connectivity index (χ1n) is 15.5. The molecule has 0 radical (unpaired) electrons. The normalized spacial score (nSPS) is 16.1. The molecular formula is C35H34BrN9O4. The number of benzene rings is 2. The SMILES string of the molecule is N#Cc1ccc(C(=O)Nc2ccc(CC[C@H]3COC(N)=N3)cc2)cn1.NC1=N[C@@H](CCc2ccc(NC(=O)c3cccc(Br)n3)cc2)CO1. The number of aryl methyl sites for hydroxylation is 2. The molecule has 250 valence electrons. The molecule has 49 heavy (non-hydrogen) atoms. The molecule has 14 heteroatoms. The summed E-state index contributed by atoms with van der Waals surface area (Å²) in [5, 5.41) is 14.4. The van der Waals surface area contributed by atoms with Crippen molar-refractivity contribution in [2.24, 2.45) is 21.5 Å². The third kappa shape index (κ3) is 10.6. The maximum absolute atomic E-state index is 12.2. The van der Waals surface area contributed by atoms with Gasteiger partial charge in [0.2, 0.25) is 0 Å². The molecule has 0 unspecified atom stereocenters. The van der Waals surface area contributed by atoms with Crippen LogP contribution in [-0.4, -0.2) is 59.1 Å². The van der Waals surface area contributed by atoms with E-state index in [9.17, 15) is 9.59 Å². The molecule has 2 aromatic heterocycles. The molecule has 0 saturated carbocycles. The van der Waals surface area contributed by atoms with E-state index in [-0.39, 0.29) is 41.6 Å². The second kappa shape index (κ2) is 16.8. The summed E-state index contributed by atoms with van der Waals surface area (Å²) in [6.45, 7) is 1.10. The van der Waals surface area contributed by atoms with Crippen molar-refractivity contribution in [2.45, 2.75) is 37.8 Å². The van der Waals surface area contributed by atoms with Gasteiger partial charge in [0.15, 0.2) is 0 Å². The third-order valence-electron chi connectivity index (χ3n) is 7.51. The highest BCUT2D eigenvalue weighted by Gasteiger charge is 2.17. The van der Waals surface area contributed by atoms with E-state index in [2.05, 4.69) is 46.5 Å². The van der Waals surface area contributed by atoms with E-state index < -0.39 is 0 Å². The largest absolute Gasteiger partial charge is 0.463 e. The Hall–Kier alpha value is -5.81. The van der Waals surface area contributed by atoms with Gasteiger partial charge in [0.1, 0.15) is 35.3 Å². The van der Waals surface area contributed by atoms with Gasteiger partial charge in [-0.1, -0.05) is 30.3 Å². The molecule has 13 nitrogen and oxygen atoms in total. The summed E-state index contributed by atoms with van der Waals surface area (Å²) in [6, 6.07) is 26.4. The lowest BCUT2D eigenvalue weighted by atomic mass is 10.1. The van der Waals surface area contributed by atoms with Gasteiger partial charge in [-0.3, -0.25) is 9.59 Å². The van der Waals surface area contributed by atoms with Crippen molar-refractivity contribution in [1.29, 1.82) is 5.26 Å². The van der Waals surface area contributed by atoms with Crippen LogP contribution in [0.4, 0.5) is 11.4 Å². The smallest absolute Gasteiger partial charge is 0.282 e. The topological polar surface area (TPSA) is 203 Å². The van der Waals surface area contributed by atoms with Gasteiger partial charge in [-0.25, -0.2) is 20.0 Å². The van der Waals surface area contributed by atoms with Crippen LogP contribution >= 0.6 is 15.9 Å². The monoisotopic (exact) mass is 723 g/mol. The predicted molar refractivity (Wildman–Crippen MR) is 189 cm³/mol. The maximum Gasteiger partial charge on any atom is 0.282 e. The Balaban J connectivity index is 0.000000191. The highest BCUT2D eigenvalue weighted by atomic mass is 79.9. The number of nitriles is 1. The number of ether oxygens (including phenoxy) is 2. The number of nitrogens with zero attached hydrogens (tertiary/aromatic N) is 5. The first-order chi connectivity index (χ1) is 23.7. The molecule has 2 amide bonds. The summed E-state index contributed by atoms with van der Waals surface area (Å²) in [5.74, 6) is -0.505. The van der Waals surface area contributed by atoms with E-state index in [0.717, 1.165) is 36.9 Å². The van der Waals surface area contributed by atoms with E-state index >= 15 is 0 Å². The second-order valence-electron chi connectivity index (χ2n) is 11.1. The number of rotatable bonds is 10. The van der Waals surface area contributed by atoms with Crippen LogP contribution in [0.15, 0.2) is 99.6 Å². The maximum atomic E-state index is 12.2. The molecule has 6 rings (SSSR count). The zero-order chi connectivity index (χ0) is 34.6. The number of aliphatic imine (C=N–C) groups is 2. The Morgan fingerprint density at radius 3 is 1.80 bits per heavy atom. The van der Waals surface area contributed by atoms with Gasteiger partial charge >= 0.3 is 0 Å². The number of pyridine rings is 2. The van der Waals surface area contributed by atoms with Gasteiger partial charge in [-0.2, -0.15) is 5.26 Å². The van der Waals surface area contributed by atoms with Gasteiger partial charge in [-0.15, -0.1) is 0 Å². The number of anilines is 2. The molecule has 2 atom stereocenters. The molecule has 0 spiro atoms. The molecule has 4 heterocycles. The summed E-state index contributed by atoms with van der Waals surface area (Å²) in [6.07, 6.45) is 4.88. The fourth-order valence-electron chi connectivity index (χ4n) is 4.87. The number of halogens is 1. The van der Waals surface area contributed by atoms with E-state index in [4.69, 9.17) is 26.2 Å². The fourth-order valence-corrected chi connectivity index (χ4v) is 5.22. The van der Waals surface area contributed by atoms with Gasteiger partial charge in [0.05, 0.1) is 17.6 Å². The van der Waals surface area contributed by atoms with E-state index in [0.29, 0.717) is 34.8 Å². The molecule has 2 aliphatic heterocycles. The standard InChI is InChI=1S/C18H17N5O2.C17H17BrN4O2/c19-9-15-8-4-13(10-21-15)17(24)22-14-5-1-12(2-6-14)3-7-16-11-25-18(20)23-16;18-15-3-1-2-14(22-15)16(23)20-12-7-4-11(5-8-12)6-9-13-10-24-17(19)21-13/h1-2,4-6,8,10,16H,3,7,11H2,(H2,20,23)(H,22,24);1-5,7-8,13H,6,9-10H2,(H2,19,21)(H,20,23)/t16-;13-/m00/s1. The molecular weight excluding hydrogens is 690 g/mol. The Morgan fingerprint density at radius 1 is 0.796 bits per heavy atom. The summed E-state index contributed by atoms with van der Waals surface area (Å²) in [4.78, 5) is 40.7. The van der Waals surface area contributed by atoms with Gasteiger partial charge in [-0.05, 0) is 101 Å². The lowest BCUT2D eigenvalue weighted by Crippen LogP contribution is -2.13. The number of nitrogens with one attached hydrogen (secondary N) is 2. The Morgan fingerprint density at radius 2 is 1.35 bits per heavy atom. The number of hydrogen-bond acceptors (Lipinski definition) is 11. The average Bonchev–Trinajstić information content (AvgIpc) is 3.74. The third-order valence-corrected chi connectivity index (χ3v) is 7.95. The van der Waals surface area contributed by atoms with Crippen molar-refractivity contribution in [3.05, 3.63) is 118 Å². The molecule has 0 saturated heterocycles. The first kappa shape index (κ1) is 34.5. The summed E-state index contributed by atoms with van der Waals surface area (Å²) >= 11 is 3.26. The van der Waals surface area contributed by atoms with Crippen molar-refractivity contribution in [3.8, 4) is 6.07 Å². The van der Waals surface area contributed by atoms with E-state index in [1.807, 2.05) is 54.6 Å². The molecule has 0 bridgehead atoms. The lowest BCUT2D eigenvalue weighted by molar-refractivity contribution is 0.101. The number of hydrogen-bond donors (Lipinski definition) is 4. The van der Waals surface area contributed by atoms with Crippen LogP contribution in [0, 0.1) is 11.3 Å². The first-order valence-corrected chi connectivity index (χ1v) is 16.2. The molecule has 2 aromatic carbocycles. The Bertz CT molecular complexity index is 1860. The van der Waals surface area contributed by atoms with Crippen molar-refractivity contribution >= 4 is 51.2 Å². The van der Waals surface area contributed by atoms with Gasteiger partial charge < -0.3 is 31.6 Å². The highest BCUT2D eigenvalue weighted by Crippen LogP contribution is 2.17. The highest BCUT2D eigenvalue weighted by molar-refractivity contribution is 9.10. The summed E-state index contributed by atoms with van der Waals surface area (Å²) in [5.41, 5.74) is 15.8. The lowest BCUT2D eigenvalue weighted by Gasteiger charge is -2.08. The molecule has 4 aromatic rings. The minimum Gasteiger partial charge on any atom is -0.463 e. The zero-order valence-corrected chi connectivity index (χ0v) is 28.0. The van der Waals surface area contributed by atoms with Crippen LogP contribution in [-0.2, 0) is 22.3 Å². The minimum absolute atomic E-state index is 0.114.